The molecule has 2 amide bonds. The molecule has 0 bridgehead atoms. The highest BCUT2D eigenvalue weighted by Gasteiger charge is 2.36. The first-order valence-electron chi connectivity index (χ1n) is 10.3. The molecular formula is C21H22F3N5O3. The van der Waals surface area contributed by atoms with Crippen LogP contribution < -0.4 is 21.1 Å². The van der Waals surface area contributed by atoms with Crippen LogP contribution >= 0.6 is 0 Å². The number of carbonyl (C=O) groups excluding carboxylic acids is 2. The SMILES string of the molecule is C[C@H]1CCCCN1c1nc2c(c(=O)[nH]1)[C@@H](C(=O)Nc1cccc(C(F)(F)F)c1)CC(=O)N2. The summed E-state index contributed by atoms with van der Waals surface area (Å²) in [6, 6.07) is 4.31. The van der Waals surface area contributed by atoms with Gasteiger partial charge in [0, 0.05) is 24.7 Å². The Morgan fingerprint density at radius 2 is 2.03 bits per heavy atom. The van der Waals surface area contributed by atoms with Crippen molar-refractivity contribution < 1.29 is 22.8 Å². The van der Waals surface area contributed by atoms with Gasteiger partial charge in [-0.3, -0.25) is 19.4 Å². The van der Waals surface area contributed by atoms with E-state index in [1.54, 1.807) is 0 Å². The number of benzene rings is 1. The Bertz CT molecular complexity index is 1110. The fourth-order valence-corrected chi connectivity index (χ4v) is 4.13. The summed E-state index contributed by atoms with van der Waals surface area (Å²) in [5.41, 5.74) is -1.58. The van der Waals surface area contributed by atoms with Crippen molar-refractivity contribution in [3.8, 4) is 0 Å². The van der Waals surface area contributed by atoms with Gasteiger partial charge in [0.1, 0.15) is 5.82 Å². The number of fused-ring (bicyclic) bond motifs is 1. The Kier molecular flexibility index (Phi) is 5.66. The molecule has 32 heavy (non-hydrogen) atoms. The van der Waals surface area contributed by atoms with Crippen LogP contribution in [0.5, 0.6) is 0 Å². The fourth-order valence-electron chi connectivity index (χ4n) is 4.13. The molecule has 0 radical (unpaired) electrons. The number of alkyl halides is 3. The summed E-state index contributed by atoms with van der Waals surface area (Å²) in [7, 11) is 0. The van der Waals surface area contributed by atoms with Crippen LogP contribution in [0.4, 0.5) is 30.6 Å². The van der Waals surface area contributed by atoms with Gasteiger partial charge in [0.25, 0.3) is 5.56 Å². The van der Waals surface area contributed by atoms with Crippen LogP contribution in [0, 0.1) is 0 Å². The summed E-state index contributed by atoms with van der Waals surface area (Å²) in [6.07, 6.45) is -1.93. The average molecular weight is 449 g/mol. The largest absolute Gasteiger partial charge is 0.416 e. The minimum atomic E-state index is -4.57. The van der Waals surface area contributed by atoms with Crippen LogP contribution in [0.25, 0.3) is 0 Å². The van der Waals surface area contributed by atoms with Gasteiger partial charge in [0.15, 0.2) is 0 Å². The molecule has 2 atom stereocenters. The van der Waals surface area contributed by atoms with E-state index >= 15 is 0 Å². The van der Waals surface area contributed by atoms with Crippen LogP contribution in [0.15, 0.2) is 29.1 Å². The van der Waals surface area contributed by atoms with E-state index in [-0.39, 0.29) is 29.5 Å². The lowest BCUT2D eigenvalue weighted by atomic mass is 9.92. The van der Waals surface area contributed by atoms with Gasteiger partial charge >= 0.3 is 6.18 Å². The molecule has 1 fully saturated rings. The topological polar surface area (TPSA) is 107 Å². The molecule has 1 aromatic heterocycles. The number of hydrogen-bond donors (Lipinski definition) is 3. The van der Waals surface area contributed by atoms with Crippen LogP contribution in [0.2, 0.25) is 0 Å². The van der Waals surface area contributed by atoms with Crippen molar-refractivity contribution in [3.63, 3.8) is 0 Å². The van der Waals surface area contributed by atoms with Crippen molar-refractivity contribution in [1.82, 2.24) is 9.97 Å². The number of aromatic amines is 1. The van der Waals surface area contributed by atoms with E-state index in [1.165, 1.54) is 12.1 Å². The minimum absolute atomic E-state index is 0.00182. The van der Waals surface area contributed by atoms with E-state index in [9.17, 15) is 27.6 Å². The Balaban J connectivity index is 1.64. The zero-order chi connectivity index (χ0) is 23.0. The van der Waals surface area contributed by atoms with Crippen molar-refractivity contribution in [1.29, 1.82) is 0 Å². The number of aromatic nitrogens is 2. The summed E-state index contributed by atoms with van der Waals surface area (Å²) in [5.74, 6) is -2.12. The number of halogens is 3. The molecule has 0 unspecified atom stereocenters. The van der Waals surface area contributed by atoms with Gasteiger partial charge in [-0.1, -0.05) is 6.07 Å². The summed E-state index contributed by atoms with van der Waals surface area (Å²) >= 11 is 0. The molecule has 3 N–H and O–H groups in total. The third-order valence-electron chi connectivity index (χ3n) is 5.79. The predicted molar refractivity (Wildman–Crippen MR) is 112 cm³/mol. The molecule has 4 rings (SSSR count). The maximum Gasteiger partial charge on any atom is 0.416 e. The Hall–Kier alpha value is -3.37. The summed E-state index contributed by atoms with van der Waals surface area (Å²) < 4.78 is 38.9. The van der Waals surface area contributed by atoms with E-state index < -0.39 is 35.0 Å². The first kappa shape index (κ1) is 21.8. The van der Waals surface area contributed by atoms with Gasteiger partial charge in [-0.05, 0) is 44.4 Å². The van der Waals surface area contributed by atoms with E-state index in [1.807, 2.05) is 11.8 Å². The second kappa shape index (κ2) is 8.29. The van der Waals surface area contributed by atoms with E-state index in [0.29, 0.717) is 12.5 Å². The van der Waals surface area contributed by atoms with E-state index in [2.05, 4.69) is 20.6 Å². The number of H-pyrrole nitrogens is 1. The predicted octanol–water partition coefficient (Wildman–Crippen LogP) is 3.23. The van der Waals surface area contributed by atoms with Crippen LogP contribution in [0.1, 0.15) is 49.7 Å². The molecule has 0 aliphatic carbocycles. The third-order valence-corrected chi connectivity index (χ3v) is 5.79. The van der Waals surface area contributed by atoms with Gasteiger partial charge in [0.05, 0.1) is 17.0 Å². The number of rotatable bonds is 3. The molecule has 8 nitrogen and oxygen atoms in total. The monoisotopic (exact) mass is 449 g/mol. The number of anilines is 3. The van der Waals surface area contributed by atoms with Gasteiger partial charge in [-0.25, -0.2) is 0 Å². The molecule has 11 heteroatoms. The van der Waals surface area contributed by atoms with Crippen molar-refractivity contribution in [2.75, 3.05) is 22.1 Å². The van der Waals surface area contributed by atoms with Crippen LogP contribution in [0.3, 0.4) is 0 Å². The van der Waals surface area contributed by atoms with Gasteiger partial charge < -0.3 is 15.5 Å². The quantitative estimate of drug-likeness (QED) is 0.667. The second-order valence-corrected chi connectivity index (χ2v) is 8.06. The number of piperidine rings is 1. The maximum absolute atomic E-state index is 13.0. The zero-order valence-electron chi connectivity index (χ0n) is 17.3. The number of amides is 2. The standard InChI is InChI=1S/C21H22F3N5O3/c1-11-5-2-3-8-29(11)20-27-17-16(19(32)28-20)14(10-15(30)26-17)18(31)25-13-7-4-6-12(9-13)21(22,23)24/h4,6-7,9,11,14H,2-3,5,8,10H2,1H3,(H,25,31)(H2,26,27,28,30,32)/t11-,14-/m0/s1. The van der Waals surface area contributed by atoms with Crippen molar-refractivity contribution in [2.45, 2.75) is 50.7 Å². The molecule has 2 aromatic rings. The molecule has 1 saturated heterocycles. The normalized spacial score (nSPS) is 21.0. The lowest BCUT2D eigenvalue weighted by Gasteiger charge is -2.34. The molecule has 0 spiro atoms. The van der Waals surface area contributed by atoms with E-state index in [0.717, 1.165) is 31.4 Å². The minimum Gasteiger partial charge on any atom is -0.340 e. The number of nitrogens with zero attached hydrogens (tertiary/aromatic N) is 2. The van der Waals surface area contributed by atoms with Crippen molar-refractivity contribution >= 4 is 29.3 Å². The molecule has 2 aliphatic rings. The van der Waals surface area contributed by atoms with Gasteiger partial charge in [-0.15, -0.1) is 0 Å². The summed E-state index contributed by atoms with van der Waals surface area (Å²) in [6.45, 7) is 2.72. The smallest absolute Gasteiger partial charge is 0.340 e. The first-order chi connectivity index (χ1) is 15.1. The molecule has 3 heterocycles. The molecule has 0 saturated carbocycles. The summed E-state index contributed by atoms with van der Waals surface area (Å²) in [4.78, 5) is 47.0. The lowest BCUT2D eigenvalue weighted by molar-refractivity contribution is -0.137. The second-order valence-electron chi connectivity index (χ2n) is 8.06. The van der Waals surface area contributed by atoms with Crippen LogP contribution in [-0.2, 0) is 15.8 Å². The number of nitrogens with one attached hydrogen (secondary N) is 3. The molecule has 2 aliphatic heterocycles. The van der Waals surface area contributed by atoms with Gasteiger partial charge in [-0.2, -0.15) is 18.2 Å². The van der Waals surface area contributed by atoms with Crippen molar-refractivity contribution in [2.24, 2.45) is 0 Å². The fraction of sp³-hybridized carbons (Fsp3) is 0.429. The third kappa shape index (κ3) is 4.32. The first-order valence-corrected chi connectivity index (χ1v) is 10.3. The molecular weight excluding hydrogens is 427 g/mol. The van der Waals surface area contributed by atoms with E-state index in [4.69, 9.17) is 0 Å². The number of hydrogen-bond acceptors (Lipinski definition) is 5. The lowest BCUT2D eigenvalue weighted by Crippen LogP contribution is -2.42. The highest BCUT2D eigenvalue weighted by Crippen LogP contribution is 2.33. The molecule has 170 valence electrons. The highest BCUT2D eigenvalue weighted by molar-refractivity contribution is 6.04. The molecule has 1 aromatic carbocycles. The van der Waals surface area contributed by atoms with Crippen LogP contribution in [-0.4, -0.2) is 34.4 Å². The van der Waals surface area contributed by atoms with Gasteiger partial charge in [0.2, 0.25) is 17.8 Å². The number of carbonyl (C=O) groups is 2. The Morgan fingerprint density at radius 3 is 2.75 bits per heavy atom. The zero-order valence-corrected chi connectivity index (χ0v) is 17.3. The average Bonchev–Trinajstić information content (AvgIpc) is 2.72. The maximum atomic E-state index is 13.0. The highest BCUT2D eigenvalue weighted by atomic mass is 19.4. The summed E-state index contributed by atoms with van der Waals surface area (Å²) in [5, 5.41) is 4.94. The Labute approximate surface area is 181 Å². The van der Waals surface area contributed by atoms with Crippen molar-refractivity contribution in [3.05, 3.63) is 45.7 Å². The Morgan fingerprint density at radius 1 is 1.25 bits per heavy atom.